The molecule has 1 aliphatic rings. The van der Waals surface area contributed by atoms with Gasteiger partial charge < -0.3 is 9.72 Å². The first-order valence-electron chi connectivity index (χ1n) is 8.35. The van der Waals surface area contributed by atoms with Crippen LogP contribution in [-0.4, -0.2) is 42.7 Å². The first-order valence-corrected chi connectivity index (χ1v) is 9.79. The highest BCUT2D eigenvalue weighted by Gasteiger charge is 2.40. The standard InChI is InChI=1S/C19H14N2O6S/c22-17-11-14(12-5-1-3-7-15(12)20-17)19(24)27-10-9-21-18(23)13-6-2-4-8-16(13)28(21,25)26/h1-8,11H,9-10H2,(H,20,22). The van der Waals surface area contributed by atoms with Gasteiger partial charge in [0.2, 0.25) is 5.56 Å². The third kappa shape index (κ3) is 2.85. The fourth-order valence-electron chi connectivity index (χ4n) is 3.12. The lowest BCUT2D eigenvalue weighted by molar-refractivity contribution is 0.0479. The van der Waals surface area contributed by atoms with Crippen molar-refractivity contribution < 1.29 is 22.7 Å². The molecule has 142 valence electrons. The van der Waals surface area contributed by atoms with Gasteiger partial charge in [0.1, 0.15) is 11.5 Å². The van der Waals surface area contributed by atoms with E-state index in [1.807, 2.05) is 0 Å². The lowest BCUT2D eigenvalue weighted by Crippen LogP contribution is -2.33. The first kappa shape index (κ1) is 17.9. The SMILES string of the molecule is O=C(OCCN1C(=O)c2ccccc2S1(=O)=O)c1cc(=O)[nH]c2ccccc12. The summed E-state index contributed by atoms with van der Waals surface area (Å²) in [5.41, 5.74) is 0.181. The van der Waals surface area contributed by atoms with Crippen molar-refractivity contribution in [3.05, 3.63) is 76.1 Å². The molecule has 0 bridgehead atoms. The molecule has 4 rings (SSSR count). The summed E-state index contributed by atoms with van der Waals surface area (Å²) in [5.74, 6) is -1.43. The van der Waals surface area contributed by atoms with Crippen molar-refractivity contribution in [2.75, 3.05) is 13.2 Å². The number of H-pyrrole nitrogens is 1. The molecule has 0 spiro atoms. The Labute approximate surface area is 159 Å². The maximum Gasteiger partial charge on any atom is 0.339 e. The van der Waals surface area contributed by atoms with Crippen molar-refractivity contribution in [2.24, 2.45) is 0 Å². The number of ether oxygens (including phenoxy) is 1. The Morgan fingerprint density at radius 1 is 1.04 bits per heavy atom. The van der Waals surface area contributed by atoms with Crippen molar-refractivity contribution in [3.63, 3.8) is 0 Å². The van der Waals surface area contributed by atoms with Crippen LogP contribution in [0.5, 0.6) is 0 Å². The molecule has 0 saturated heterocycles. The molecule has 8 nitrogen and oxygen atoms in total. The topological polar surface area (TPSA) is 114 Å². The molecule has 1 amide bonds. The van der Waals surface area contributed by atoms with E-state index < -0.39 is 27.5 Å². The first-order chi connectivity index (χ1) is 13.4. The quantitative estimate of drug-likeness (QED) is 0.667. The maximum atomic E-state index is 12.5. The van der Waals surface area contributed by atoms with Crippen LogP contribution in [0.2, 0.25) is 0 Å². The molecule has 28 heavy (non-hydrogen) atoms. The Balaban J connectivity index is 1.52. The Hall–Kier alpha value is -3.46. The number of hydrogen-bond donors (Lipinski definition) is 1. The van der Waals surface area contributed by atoms with E-state index >= 15 is 0 Å². The number of nitrogens with one attached hydrogen (secondary N) is 1. The number of carbonyl (C=O) groups excluding carboxylic acids is 2. The molecular formula is C19H14N2O6S. The molecule has 9 heteroatoms. The summed E-state index contributed by atoms with van der Waals surface area (Å²) in [7, 11) is -3.96. The van der Waals surface area contributed by atoms with E-state index in [0.29, 0.717) is 15.2 Å². The average molecular weight is 398 g/mol. The van der Waals surface area contributed by atoms with Gasteiger partial charge in [-0.25, -0.2) is 17.5 Å². The fourth-order valence-corrected chi connectivity index (χ4v) is 4.68. The number of aromatic nitrogens is 1. The van der Waals surface area contributed by atoms with E-state index in [0.717, 1.165) is 6.07 Å². The van der Waals surface area contributed by atoms with Crippen LogP contribution >= 0.6 is 0 Å². The van der Waals surface area contributed by atoms with E-state index in [-0.39, 0.29) is 29.2 Å². The van der Waals surface area contributed by atoms with Gasteiger partial charge in [-0.1, -0.05) is 30.3 Å². The lowest BCUT2D eigenvalue weighted by Gasteiger charge is -2.15. The van der Waals surface area contributed by atoms with Gasteiger partial charge in [0.15, 0.2) is 0 Å². The van der Waals surface area contributed by atoms with Crippen LogP contribution in [0.3, 0.4) is 0 Å². The number of esters is 1. The smallest absolute Gasteiger partial charge is 0.339 e. The van der Waals surface area contributed by atoms with E-state index in [2.05, 4.69) is 4.98 Å². The second-order valence-corrected chi connectivity index (χ2v) is 7.94. The van der Waals surface area contributed by atoms with E-state index in [1.165, 1.54) is 18.2 Å². The number of carbonyl (C=O) groups is 2. The zero-order valence-corrected chi connectivity index (χ0v) is 15.2. The van der Waals surface area contributed by atoms with Gasteiger partial charge in [0.05, 0.1) is 17.7 Å². The number of nitrogens with zero attached hydrogens (tertiary/aromatic N) is 1. The third-order valence-corrected chi connectivity index (χ3v) is 6.25. The molecule has 3 aromatic rings. The van der Waals surface area contributed by atoms with Gasteiger partial charge >= 0.3 is 5.97 Å². The summed E-state index contributed by atoms with van der Waals surface area (Å²) < 4.78 is 30.8. The van der Waals surface area contributed by atoms with Crippen molar-refractivity contribution >= 4 is 32.8 Å². The average Bonchev–Trinajstić information content (AvgIpc) is 2.88. The zero-order valence-electron chi connectivity index (χ0n) is 14.4. The van der Waals surface area contributed by atoms with Crippen LogP contribution in [0.4, 0.5) is 0 Å². The molecule has 0 aliphatic carbocycles. The summed E-state index contributed by atoms with van der Waals surface area (Å²) in [4.78, 5) is 39.1. The van der Waals surface area contributed by atoms with Crippen molar-refractivity contribution in [1.82, 2.24) is 9.29 Å². The van der Waals surface area contributed by atoms with Crippen molar-refractivity contribution in [2.45, 2.75) is 4.90 Å². The Morgan fingerprint density at radius 2 is 1.75 bits per heavy atom. The van der Waals surface area contributed by atoms with Gasteiger partial charge in [-0.15, -0.1) is 0 Å². The molecule has 0 fully saturated rings. The summed E-state index contributed by atoms with van der Waals surface area (Å²) in [5, 5.41) is 0.504. The van der Waals surface area contributed by atoms with Crippen LogP contribution in [0.1, 0.15) is 20.7 Å². The second-order valence-electron chi connectivity index (χ2n) is 6.11. The Kier molecular flexibility index (Phi) is 4.23. The summed E-state index contributed by atoms with van der Waals surface area (Å²) in [6.07, 6.45) is 0. The number of hydrogen-bond acceptors (Lipinski definition) is 6. The van der Waals surface area contributed by atoms with Crippen LogP contribution < -0.4 is 5.56 Å². The van der Waals surface area contributed by atoms with Crippen LogP contribution in [0.15, 0.2) is 64.3 Å². The maximum absolute atomic E-state index is 12.5. The summed E-state index contributed by atoms with van der Waals surface area (Å²) in [6.45, 7) is -0.651. The normalized spacial score (nSPS) is 14.9. The van der Waals surface area contributed by atoms with Crippen LogP contribution in [0.25, 0.3) is 10.9 Å². The van der Waals surface area contributed by atoms with Gasteiger partial charge in [0, 0.05) is 17.0 Å². The minimum absolute atomic E-state index is 0.0630. The van der Waals surface area contributed by atoms with Gasteiger partial charge in [-0.2, -0.15) is 0 Å². The molecule has 0 radical (unpaired) electrons. The second kappa shape index (κ2) is 6.61. The number of sulfonamides is 1. The minimum atomic E-state index is -3.96. The number of para-hydroxylation sites is 1. The summed E-state index contributed by atoms with van der Waals surface area (Å²) in [6, 6.07) is 13.8. The highest BCUT2D eigenvalue weighted by Crippen LogP contribution is 2.29. The molecular weight excluding hydrogens is 384 g/mol. The van der Waals surface area contributed by atoms with Crippen molar-refractivity contribution in [1.29, 1.82) is 0 Å². The molecule has 0 saturated carbocycles. The highest BCUT2D eigenvalue weighted by molar-refractivity contribution is 7.90. The molecule has 1 aromatic heterocycles. The fraction of sp³-hybridized carbons (Fsp3) is 0.105. The van der Waals surface area contributed by atoms with Crippen LogP contribution in [-0.2, 0) is 14.8 Å². The molecule has 2 heterocycles. The molecule has 1 N–H and O–H groups in total. The Bertz CT molecular complexity index is 1280. The third-order valence-electron chi connectivity index (χ3n) is 4.41. The molecule has 0 atom stereocenters. The largest absolute Gasteiger partial charge is 0.460 e. The van der Waals surface area contributed by atoms with Crippen molar-refractivity contribution in [3.8, 4) is 0 Å². The highest BCUT2D eigenvalue weighted by atomic mass is 32.2. The zero-order chi connectivity index (χ0) is 19.9. The number of amides is 1. The monoisotopic (exact) mass is 398 g/mol. The number of fused-ring (bicyclic) bond motifs is 2. The molecule has 1 aliphatic heterocycles. The minimum Gasteiger partial charge on any atom is -0.460 e. The van der Waals surface area contributed by atoms with Gasteiger partial charge in [-0.3, -0.25) is 9.59 Å². The number of benzene rings is 2. The predicted molar refractivity (Wildman–Crippen MR) is 99.5 cm³/mol. The number of aromatic amines is 1. The Morgan fingerprint density at radius 3 is 2.54 bits per heavy atom. The predicted octanol–water partition coefficient (Wildman–Crippen LogP) is 1.53. The van der Waals surface area contributed by atoms with Gasteiger partial charge in [-0.05, 0) is 18.2 Å². The summed E-state index contributed by atoms with van der Waals surface area (Å²) >= 11 is 0. The van der Waals surface area contributed by atoms with Gasteiger partial charge in [0.25, 0.3) is 15.9 Å². The molecule has 2 aromatic carbocycles. The number of rotatable bonds is 4. The lowest BCUT2D eigenvalue weighted by atomic mass is 10.1. The van der Waals surface area contributed by atoms with Crippen LogP contribution in [0, 0.1) is 0 Å². The van der Waals surface area contributed by atoms with E-state index in [4.69, 9.17) is 4.74 Å². The molecule has 0 unspecified atom stereocenters. The number of pyridine rings is 1. The van der Waals surface area contributed by atoms with E-state index in [1.54, 1.807) is 30.3 Å². The van der Waals surface area contributed by atoms with E-state index in [9.17, 15) is 22.8 Å².